The molecule has 2 aromatic heterocycles. The number of fused-ring (bicyclic) bond motifs is 1. The Morgan fingerprint density at radius 3 is 2.74 bits per heavy atom. The Morgan fingerprint density at radius 1 is 1.48 bits per heavy atom. The van der Waals surface area contributed by atoms with Gasteiger partial charge in [0.2, 0.25) is 0 Å². The van der Waals surface area contributed by atoms with Gasteiger partial charge in [0, 0.05) is 56.0 Å². The maximum Gasteiger partial charge on any atom is 0.490 e. The first-order valence-corrected chi connectivity index (χ1v) is 9.09. The minimum atomic E-state index is -5.08. The number of hydrogen-bond acceptors (Lipinski definition) is 6. The van der Waals surface area contributed by atoms with Crippen molar-refractivity contribution in [3.05, 3.63) is 34.0 Å². The fraction of sp³-hybridized carbons (Fsp3) is 0.562. The van der Waals surface area contributed by atoms with E-state index in [1.165, 1.54) is 16.3 Å². The van der Waals surface area contributed by atoms with E-state index in [4.69, 9.17) is 14.6 Å². The first kappa shape index (κ1) is 21.3. The Bertz CT molecular complexity index is 734. The number of carboxylic acids is 1. The van der Waals surface area contributed by atoms with E-state index in [1.54, 1.807) is 11.3 Å². The van der Waals surface area contributed by atoms with Crippen LogP contribution in [-0.2, 0) is 29.7 Å². The quantitative estimate of drug-likeness (QED) is 0.822. The molecule has 0 fully saturated rings. The number of carbonyl (C=O) groups is 1. The maximum atomic E-state index is 10.6. The van der Waals surface area contributed by atoms with Crippen LogP contribution in [0.1, 0.15) is 29.1 Å². The van der Waals surface area contributed by atoms with Gasteiger partial charge in [0.1, 0.15) is 5.01 Å². The molecule has 0 saturated carbocycles. The number of thiazole rings is 1. The van der Waals surface area contributed by atoms with Crippen molar-refractivity contribution in [2.45, 2.75) is 32.1 Å². The minimum absolute atomic E-state index is 0.410. The molecule has 3 rings (SSSR count). The Balaban J connectivity index is 0.000000321. The van der Waals surface area contributed by atoms with Crippen LogP contribution in [0.4, 0.5) is 13.2 Å². The minimum Gasteiger partial charge on any atom is -0.475 e. The zero-order chi connectivity index (χ0) is 20.0. The lowest BCUT2D eigenvalue weighted by molar-refractivity contribution is -0.192. The zero-order valence-electron chi connectivity index (χ0n) is 14.9. The Labute approximate surface area is 158 Å². The molecule has 1 aliphatic rings. The van der Waals surface area contributed by atoms with Crippen LogP contribution in [0.2, 0.25) is 0 Å². The molecule has 0 amide bonds. The monoisotopic (exact) mass is 406 g/mol. The molecule has 27 heavy (non-hydrogen) atoms. The van der Waals surface area contributed by atoms with E-state index in [0.717, 1.165) is 32.8 Å². The molecule has 1 aliphatic heterocycles. The molecule has 1 atom stereocenters. The van der Waals surface area contributed by atoms with Crippen molar-refractivity contribution in [2.75, 3.05) is 19.8 Å². The van der Waals surface area contributed by atoms with E-state index in [9.17, 15) is 13.2 Å². The van der Waals surface area contributed by atoms with Crippen LogP contribution in [0.15, 0.2) is 17.8 Å². The van der Waals surface area contributed by atoms with Crippen LogP contribution in [-0.4, -0.2) is 56.7 Å². The van der Waals surface area contributed by atoms with Gasteiger partial charge in [-0.15, -0.1) is 11.3 Å². The number of hydrogen-bond donors (Lipinski definition) is 1. The summed E-state index contributed by atoms with van der Waals surface area (Å²) in [6, 6.07) is 0. The van der Waals surface area contributed by atoms with Crippen LogP contribution in [0.3, 0.4) is 0 Å². The summed E-state index contributed by atoms with van der Waals surface area (Å²) in [6.07, 6.45) is -1.08. The highest BCUT2D eigenvalue weighted by Crippen LogP contribution is 2.28. The van der Waals surface area contributed by atoms with Crippen molar-refractivity contribution >= 4 is 17.3 Å². The second-order valence-corrected chi connectivity index (χ2v) is 6.94. The van der Waals surface area contributed by atoms with Gasteiger partial charge in [-0.2, -0.15) is 18.3 Å². The Morgan fingerprint density at radius 2 is 2.19 bits per heavy atom. The molecule has 150 valence electrons. The molecule has 3 heterocycles. The third kappa shape index (κ3) is 6.29. The number of alkyl halides is 3. The van der Waals surface area contributed by atoms with Gasteiger partial charge >= 0.3 is 12.1 Å². The van der Waals surface area contributed by atoms with Crippen LogP contribution >= 0.6 is 11.3 Å². The van der Waals surface area contributed by atoms with E-state index in [2.05, 4.69) is 21.2 Å². The van der Waals surface area contributed by atoms with Crippen molar-refractivity contribution in [2.24, 2.45) is 7.05 Å². The van der Waals surface area contributed by atoms with E-state index in [1.807, 2.05) is 30.2 Å². The third-order valence-electron chi connectivity index (χ3n) is 3.84. The molecule has 2 aromatic rings. The highest BCUT2D eigenvalue weighted by molar-refractivity contribution is 7.09. The molecule has 0 aromatic carbocycles. The molecule has 0 saturated heterocycles. The molecule has 0 spiro atoms. The molecule has 0 aliphatic carbocycles. The van der Waals surface area contributed by atoms with Crippen LogP contribution < -0.4 is 0 Å². The largest absolute Gasteiger partial charge is 0.490 e. The van der Waals surface area contributed by atoms with Gasteiger partial charge in [-0.3, -0.25) is 9.58 Å². The molecule has 0 bridgehead atoms. The molecule has 7 nitrogen and oxygen atoms in total. The lowest BCUT2D eigenvalue weighted by atomic mass is 9.96. The number of nitrogens with zero attached hydrogens (tertiary/aromatic N) is 4. The van der Waals surface area contributed by atoms with Gasteiger partial charge in [0.25, 0.3) is 0 Å². The summed E-state index contributed by atoms with van der Waals surface area (Å²) in [5.41, 5.74) is 2.52. The lowest BCUT2D eigenvalue weighted by Crippen LogP contribution is -2.34. The van der Waals surface area contributed by atoms with Crippen LogP contribution in [0.5, 0.6) is 0 Å². The number of aromatic nitrogens is 3. The maximum absolute atomic E-state index is 10.6. The number of rotatable bonds is 5. The molecule has 1 N–H and O–H groups in total. The van der Waals surface area contributed by atoms with Crippen molar-refractivity contribution in [1.82, 2.24) is 19.7 Å². The molecule has 11 heteroatoms. The number of aliphatic carboxylic acids is 1. The third-order valence-corrected chi connectivity index (χ3v) is 4.60. The fourth-order valence-corrected chi connectivity index (χ4v) is 3.41. The normalized spacial score (nSPS) is 17.1. The van der Waals surface area contributed by atoms with E-state index in [-0.39, 0.29) is 0 Å². The number of halogens is 3. The second kappa shape index (κ2) is 9.29. The molecular weight excluding hydrogens is 385 g/mol. The number of aryl methyl sites for hydroxylation is 1. The van der Waals surface area contributed by atoms with Crippen LogP contribution in [0, 0.1) is 0 Å². The van der Waals surface area contributed by atoms with E-state index >= 15 is 0 Å². The standard InChI is InChI=1S/C14H20N4OS.C2HF3O2/c1-3-19-10-11-6-18(9-14-15-4-5-20-14)8-13-12(11)7-17(2)16-13;3-2(4,5)1(6)7/h4-5,7,11H,3,6,8-10H2,1-2H3;(H,6,7). The van der Waals surface area contributed by atoms with Gasteiger partial charge < -0.3 is 9.84 Å². The molecular formula is C16H21F3N4O3S. The highest BCUT2D eigenvalue weighted by Gasteiger charge is 2.38. The number of ether oxygens (including phenoxy) is 1. The van der Waals surface area contributed by atoms with Crippen molar-refractivity contribution in [1.29, 1.82) is 0 Å². The first-order chi connectivity index (χ1) is 12.7. The first-order valence-electron chi connectivity index (χ1n) is 8.21. The SMILES string of the molecule is CCOCC1CN(Cc2nccs2)Cc2nn(C)cc21.O=C(O)C(F)(F)F. The van der Waals surface area contributed by atoms with Crippen LogP contribution in [0.25, 0.3) is 0 Å². The summed E-state index contributed by atoms with van der Waals surface area (Å²) in [6.45, 7) is 6.38. The summed E-state index contributed by atoms with van der Waals surface area (Å²) in [4.78, 5) is 15.7. The summed E-state index contributed by atoms with van der Waals surface area (Å²) < 4.78 is 39.3. The Hall–Kier alpha value is -1.98. The second-order valence-electron chi connectivity index (χ2n) is 5.96. The fourth-order valence-electron chi connectivity index (χ4n) is 2.75. The average molecular weight is 406 g/mol. The van der Waals surface area contributed by atoms with Gasteiger partial charge in [-0.05, 0) is 6.92 Å². The smallest absolute Gasteiger partial charge is 0.475 e. The van der Waals surface area contributed by atoms with Gasteiger partial charge in [0.05, 0.1) is 18.8 Å². The summed E-state index contributed by atoms with van der Waals surface area (Å²) in [5.74, 6) is -2.35. The highest BCUT2D eigenvalue weighted by atomic mass is 32.1. The topological polar surface area (TPSA) is 80.5 Å². The zero-order valence-corrected chi connectivity index (χ0v) is 15.8. The Kier molecular flexibility index (Phi) is 7.33. The lowest BCUT2D eigenvalue weighted by Gasteiger charge is -2.31. The van der Waals surface area contributed by atoms with Gasteiger partial charge in [-0.25, -0.2) is 9.78 Å². The molecule has 0 radical (unpaired) electrons. The summed E-state index contributed by atoms with van der Waals surface area (Å²) >= 11 is 1.71. The van der Waals surface area contributed by atoms with Crippen molar-refractivity contribution in [3.63, 3.8) is 0 Å². The summed E-state index contributed by atoms with van der Waals surface area (Å²) in [7, 11) is 1.99. The summed E-state index contributed by atoms with van der Waals surface area (Å²) in [5, 5.41) is 14.9. The van der Waals surface area contributed by atoms with Crippen molar-refractivity contribution in [3.8, 4) is 0 Å². The average Bonchev–Trinajstić information content (AvgIpc) is 3.21. The predicted molar refractivity (Wildman–Crippen MR) is 92.4 cm³/mol. The predicted octanol–water partition coefficient (Wildman–Crippen LogP) is 2.65. The molecule has 1 unspecified atom stereocenters. The van der Waals surface area contributed by atoms with Crippen molar-refractivity contribution < 1.29 is 27.8 Å². The number of carboxylic acid groups (broad SMARTS) is 1. The van der Waals surface area contributed by atoms with E-state index < -0.39 is 12.1 Å². The van der Waals surface area contributed by atoms with Gasteiger partial charge in [-0.1, -0.05) is 0 Å². The van der Waals surface area contributed by atoms with Gasteiger partial charge in [0.15, 0.2) is 0 Å². The van der Waals surface area contributed by atoms with E-state index in [0.29, 0.717) is 5.92 Å².